The Morgan fingerprint density at radius 2 is 1.55 bits per heavy atom. The third-order valence-corrected chi connectivity index (χ3v) is 3.44. The van der Waals surface area contributed by atoms with Crippen LogP contribution < -0.4 is 4.74 Å². The molecule has 0 aliphatic carbocycles. The third kappa shape index (κ3) is 6.74. The molecule has 0 fully saturated rings. The number of ether oxygens (including phenoxy) is 1. The van der Waals surface area contributed by atoms with E-state index in [4.69, 9.17) is 19.8 Å². The zero-order chi connectivity index (χ0) is 17.7. The molecule has 0 radical (unpaired) electrons. The molecule has 0 aliphatic heterocycles. The molecule has 0 aromatic heterocycles. The smallest absolute Gasteiger partial charge is 0.485 e. The average molecular weight is 316 g/mol. The van der Waals surface area contributed by atoms with E-state index >= 15 is 0 Å². The van der Waals surface area contributed by atoms with E-state index < -0.39 is 18.5 Å². The van der Waals surface area contributed by atoms with Gasteiger partial charge in [0, 0.05) is 6.07 Å². The molecule has 0 unspecified atom stereocenters. The number of aliphatic hydroxyl groups is 1. The molecule has 1 rings (SSSR count). The summed E-state index contributed by atoms with van der Waals surface area (Å²) in [5.41, 5.74) is -1.14. The lowest BCUT2D eigenvalue weighted by atomic mass is 9.89. The van der Waals surface area contributed by atoms with Crippen molar-refractivity contribution in [3.63, 3.8) is 0 Å². The van der Waals surface area contributed by atoms with E-state index in [9.17, 15) is 9.50 Å². The second-order valence-corrected chi connectivity index (χ2v) is 6.36. The molecule has 0 saturated carbocycles. The first-order valence-corrected chi connectivity index (χ1v) is 7.03. The molecule has 0 atom stereocenters. The molecular formula is C15H26BFO5. The van der Waals surface area contributed by atoms with Gasteiger partial charge in [-0.1, -0.05) is 19.9 Å². The number of halogens is 1. The normalized spacial score (nSPS) is 11.8. The highest BCUT2D eigenvalue weighted by Gasteiger charge is 2.37. The van der Waals surface area contributed by atoms with E-state index in [0.29, 0.717) is 11.3 Å². The highest BCUT2D eigenvalue weighted by Crippen LogP contribution is 2.30. The fraction of sp³-hybridized carbons (Fsp3) is 0.600. The third-order valence-electron chi connectivity index (χ3n) is 3.44. The minimum atomic E-state index is -2.17. The van der Waals surface area contributed by atoms with Gasteiger partial charge in [-0.15, -0.1) is 0 Å². The van der Waals surface area contributed by atoms with Crippen LogP contribution in [0.25, 0.3) is 0 Å². The Labute approximate surface area is 131 Å². The fourth-order valence-electron chi connectivity index (χ4n) is 1.46. The van der Waals surface area contributed by atoms with Gasteiger partial charge >= 0.3 is 7.32 Å². The number of benzene rings is 1. The first-order valence-electron chi connectivity index (χ1n) is 7.03. The largest absolute Gasteiger partial charge is 0.631 e. The van der Waals surface area contributed by atoms with Crippen molar-refractivity contribution in [2.75, 3.05) is 0 Å². The van der Waals surface area contributed by atoms with E-state index in [2.05, 4.69) is 0 Å². The number of rotatable bonds is 4. The molecular weight excluding hydrogens is 290 g/mol. The Balaban J connectivity index is 0.000000980. The van der Waals surface area contributed by atoms with E-state index in [1.165, 1.54) is 6.07 Å². The Hall–Kier alpha value is -1.15. The zero-order valence-corrected chi connectivity index (χ0v) is 14.0. The molecule has 0 spiro atoms. The van der Waals surface area contributed by atoms with Crippen molar-refractivity contribution in [3.05, 3.63) is 29.6 Å². The SMILES string of the molecule is CC(C)c1ccc(OC(C)(C)C(C)(C)O)cc1F.OB(O)O. The monoisotopic (exact) mass is 316 g/mol. The molecule has 126 valence electrons. The number of hydrogen-bond donors (Lipinski definition) is 4. The van der Waals surface area contributed by atoms with Gasteiger partial charge in [-0.2, -0.15) is 0 Å². The molecule has 22 heavy (non-hydrogen) atoms. The quantitative estimate of drug-likeness (QED) is 0.636. The topological polar surface area (TPSA) is 90.2 Å². The van der Waals surface area contributed by atoms with Crippen LogP contribution >= 0.6 is 0 Å². The van der Waals surface area contributed by atoms with Crippen molar-refractivity contribution in [3.8, 4) is 5.75 Å². The summed E-state index contributed by atoms with van der Waals surface area (Å²) in [6, 6.07) is 4.85. The van der Waals surface area contributed by atoms with Crippen LogP contribution in [0.3, 0.4) is 0 Å². The Morgan fingerprint density at radius 3 is 1.86 bits per heavy atom. The molecule has 5 nitrogen and oxygen atoms in total. The van der Waals surface area contributed by atoms with Crippen molar-refractivity contribution >= 4 is 7.32 Å². The fourth-order valence-corrected chi connectivity index (χ4v) is 1.46. The van der Waals surface area contributed by atoms with Crippen molar-refractivity contribution in [2.24, 2.45) is 0 Å². The maximum absolute atomic E-state index is 13.8. The summed E-state index contributed by atoms with van der Waals surface area (Å²) in [4.78, 5) is 0. The van der Waals surface area contributed by atoms with Gasteiger partial charge < -0.3 is 24.9 Å². The molecule has 1 aromatic rings. The maximum Gasteiger partial charge on any atom is 0.631 e. The van der Waals surface area contributed by atoms with Gasteiger partial charge in [0.05, 0.1) is 5.60 Å². The van der Waals surface area contributed by atoms with Crippen LogP contribution in [0.2, 0.25) is 0 Å². The van der Waals surface area contributed by atoms with E-state index in [-0.39, 0.29) is 11.7 Å². The van der Waals surface area contributed by atoms with E-state index in [0.717, 1.165) is 0 Å². The summed E-state index contributed by atoms with van der Waals surface area (Å²) in [5.74, 6) is 0.305. The molecule has 0 bridgehead atoms. The maximum atomic E-state index is 13.8. The lowest BCUT2D eigenvalue weighted by Gasteiger charge is -2.37. The predicted octanol–water partition coefficient (Wildman–Crippen LogP) is 1.83. The zero-order valence-electron chi connectivity index (χ0n) is 14.0. The predicted molar refractivity (Wildman–Crippen MR) is 83.9 cm³/mol. The van der Waals surface area contributed by atoms with Crippen molar-refractivity contribution in [1.82, 2.24) is 0 Å². The Kier molecular flexibility index (Phi) is 7.51. The summed E-state index contributed by atoms with van der Waals surface area (Å²) >= 11 is 0. The van der Waals surface area contributed by atoms with Gasteiger partial charge in [0.25, 0.3) is 0 Å². The van der Waals surface area contributed by atoms with Crippen molar-refractivity contribution in [1.29, 1.82) is 0 Å². The van der Waals surface area contributed by atoms with E-state index in [1.807, 2.05) is 13.8 Å². The molecule has 0 amide bonds. The Bertz CT molecular complexity index is 467. The summed E-state index contributed by atoms with van der Waals surface area (Å²) < 4.78 is 19.5. The molecule has 0 saturated heterocycles. The van der Waals surface area contributed by atoms with Crippen LogP contribution in [-0.4, -0.2) is 38.7 Å². The standard InChI is InChI=1S/C15H23FO2.BH3O3/c1-10(2)12-8-7-11(9-13(12)16)18-15(5,6)14(3,4)17;2-1(3)4/h7-10,17H,1-6H3;2-4H. The minimum absolute atomic E-state index is 0.140. The van der Waals surface area contributed by atoms with Gasteiger partial charge in [-0.3, -0.25) is 0 Å². The van der Waals surface area contributed by atoms with Crippen LogP contribution in [-0.2, 0) is 0 Å². The second kappa shape index (κ2) is 7.92. The van der Waals surface area contributed by atoms with Crippen LogP contribution in [0.1, 0.15) is 53.0 Å². The highest BCUT2D eigenvalue weighted by atomic mass is 19.1. The first kappa shape index (κ1) is 20.9. The van der Waals surface area contributed by atoms with Crippen molar-refractivity contribution in [2.45, 2.75) is 58.7 Å². The molecule has 0 heterocycles. The van der Waals surface area contributed by atoms with E-state index in [1.54, 1.807) is 39.8 Å². The summed E-state index contributed by atoms with van der Waals surface area (Å²) in [6.45, 7) is 10.8. The summed E-state index contributed by atoms with van der Waals surface area (Å²) in [5, 5.41) is 31.5. The van der Waals surface area contributed by atoms with Gasteiger partial charge in [-0.25, -0.2) is 4.39 Å². The molecule has 7 heteroatoms. The highest BCUT2D eigenvalue weighted by molar-refractivity contribution is 6.30. The number of hydrogen-bond acceptors (Lipinski definition) is 5. The van der Waals surface area contributed by atoms with Crippen LogP contribution in [0.5, 0.6) is 5.75 Å². The van der Waals surface area contributed by atoms with Crippen LogP contribution in [0, 0.1) is 5.82 Å². The Morgan fingerprint density at radius 1 is 1.09 bits per heavy atom. The van der Waals surface area contributed by atoms with Gasteiger partial charge in [0.1, 0.15) is 17.2 Å². The van der Waals surface area contributed by atoms with Crippen molar-refractivity contribution < 1.29 is 29.3 Å². The molecule has 1 aromatic carbocycles. The average Bonchev–Trinajstić information content (AvgIpc) is 2.25. The van der Waals surface area contributed by atoms with Crippen LogP contribution in [0.15, 0.2) is 18.2 Å². The van der Waals surface area contributed by atoms with Gasteiger partial charge in [0.15, 0.2) is 0 Å². The lowest BCUT2D eigenvalue weighted by Crippen LogP contribution is -2.49. The lowest BCUT2D eigenvalue weighted by molar-refractivity contribution is -0.0907. The molecule has 4 N–H and O–H groups in total. The second-order valence-electron chi connectivity index (χ2n) is 6.36. The summed E-state index contributed by atoms with van der Waals surface area (Å²) in [6.07, 6.45) is 0. The molecule has 0 aliphatic rings. The van der Waals surface area contributed by atoms with Crippen LogP contribution in [0.4, 0.5) is 4.39 Å². The summed E-state index contributed by atoms with van der Waals surface area (Å²) in [7, 11) is -2.17. The first-order chi connectivity index (χ1) is 9.78. The van der Waals surface area contributed by atoms with Gasteiger partial charge in [0.2, 0.25) is 0 Å². The van der Waals surface area contributed by atoms with Gasteiger partial charge in [-0.05, 0) is 45.2 Å². The minimum Gasteiger partial charge on any atom is -0.485 e.